The maximum atomic E-state index is 10.1. The number of hydrogen-bond donors (Lipinski definition) is 2. The average Bonchev–Trinajstić information content (AvgIpc) is 3.10. The van der Waals surface area contributed by atoms with Gasteiger partial charge in [-0.1, -0.05) is 18.2 Å². The van der Waals surface area contributed by atoms with E-state index in [2.05, 4.69) is 27.2 Å². The van der Waals surface area contributed by atoms with Gasteiger partial charge in [-0.05, 0) is 30.6 Å². The number of imidazole rings is 1. The summed E-state index contributed by atoms with van der Waals surface area (Å²) >= 11 is 1.87. The Morgan fingerprint density at radius 1 is 1.32 bits per heavy atom. The topological polar surface area (TPSA) is 65.0 Å². The van der Waals surface area contributed by atoms with Gasteiger partial charge in [-0.2, -0.15) is 11.8 Å². The lowest BCUT2D eigenvalue weighted by molar-refractivity contribution is 0.166. The highest BCUT2D eigenvalue weighted by molar-refractivity contribution is 7.98. The molecule has 0 saturated heterocycles. The van der Waals surface area contributed by atoms with Crippen LogP contribution in [-0.2, 0) is 13.0 Å². The monoisotopic (exact) mass is 354 g/mol. The minimum atomic E-state index is 0.242. The van der Waals surface area contributed by atoms with E-state index in [1.54, 1.807) is 6.07 Å². The number of aromatic amines is 1. The summed E-state index contributed by atoms with van der Waals surface area (Å²) in [6.45, 7) is 1.77. The van der Waals surface area contributed by atoms with Crippen LogP contribution in [0.2, 0.25) is 0 Å². The van der Waals surface area contributed by atoms with Gasteiger partial charge in [-0.3, -0.25) is 4.90 Å². The summed E-state index contributed by atoms with van der Waals surface area (Å²) in [5.41, 5.74) is 4.12. The number of fused-ring (bicyclic) bond motifs is 2. The van der Waals surface area contributed by atoms with Gasteiger partial charge in [-0.25, -0.2) is 9.97 Å². The number of pyridine rings is 1. The molecule has 0 radical (unpaired) electrons. The third-order valence-corrected chi connectivity index (χ3v) is 5.52. The van der Waals surface area contributed by atoms with Crippen molar-refractivity contribution < 1.29 is 5.11 Å². The van der Waals surface area contributed by atoms with E-state index in [0.717, 1.165) is 42.8 Å². The fourth-order valence-corrected chi connectivity index (χ4v) is 4.07. The summed E-state index contributed by atoms with van der Waals surface area (Å²) in [6.07, 6.45) is 6.03. The Morgan fingerprint density at radius 2 is 2.24 bits per heavy atom. The average molecular weight is 354 g/mol. The molecular weight excluding hydrogens is 332 g/mol. The largest absolute Gasteiger partial charge is 0.506 e. The smallest absolute Gasteiger partial charge is 0.141 e. The molecule has 0 spiro atoms. The second-order valence-corrected chi connectivity index (χ2v) is 7.42. The van der Waals surface area contributed by atoms with Crippen LogP contribution in [0.1, 0.15) is 29.5 Å². The number of thioether (sulfide) groups is 1. The molecule has 0 bridgehead atoms. The number of nitrogens with zero attached hydrogens (tertiary/aromatic N) is 3. The van der Waals surface area contributed by atoms with Crippen molar-refractivity contribution in [1.29, 1.82) is 0 Å². The number of rotatable bonds is 5. The predicted molar refractivity (Wildman–Crippen MR) is 102 cm³/mol. The van der Waals surface area contributed by atoms with E-state index in [1.807, 2.05) is 36.3 Å². The van der Waals surface area contributed by atoms with Gasteiger partial charge < -0.3 is 10.1 Å². The van der Waals surface area contributed by atoms with Gasteiger partial charge in [0, 0.05) is 30.6 Å². The highest BCUT2D eigenvalue weighted by Crippen LogP contribution is 2.32. The Morgan fingerprint density at radius 3 is 3.12 bits per heavy atom. The molecule has 4 rings (SSSR count). The molecule has 0 fully saturated rings. The molecule has 130 valence electrons. The Bertz CT molecular complexity index is 879. The van der Waals surface area contributed by atoms with Crippen molar-refractivity contribution in [3.8, 4) is 5.75 Å². The molecule has 2 aromatic heterocycles. The lowest BCUT2D eigenvalue weighted by atomic mass is 10.00. The van der Waals surface area contributed by atoms with Crippen LogP contribution < -0.4 is 0 Å². The molecule has 1 aliphatic rings. The number of nitrogens with one attached hydrogen (secondary N) is 1. The molecule has 1 aromatic carbocycles. The normalized spacial score (nSPS) is 17.7. The van der Waals surface area contributed by atoms with Gasteiger partial charge in [0.15, 0.2) is 0 Å². The molecule has 3 heterocycles. The zero-order chi connectivity index (χ0) is 17.2. The van der Waals surface area contributed by atoms with E-state index in [1.165, 1.54) is 11.4 Å². The summed E-state index contributed by atoms with van der Waals surface area (Å²) in [6, 6.07) is 9.94. The van der Waals surface area contributed by atoms with E-state index < -0.39 is 0 Å². The van der Waals surface area contributed by atoms with Crippen LogP contribution in [0.5, 0.6) is 5.75 Å². The summed E-state index contributed by atoms with van der Waals surface area (Å²) in [5.74, 6) is 1.35. The lowest BCUT2D eigenvalue weighted by Crippen LogP contribution is -2.35. The lowest BCUT2D eigenvalue weighted by Gasteiger charge is -2.34. The Balaban J connectivity index is 1.61. The van der Waals surface area contributed by atoms with Gasteiger partial charge in [0.05, 0.1) is 23.8 Å². The van der Waals surface area contributed by atoms with Crippen LogP contribution in [0.15, 0.2) is 36.7 Å². The molecule has 0 saturated carbocycles. The van der Waals surface area contributed by atoms with Crippen molar-refractivity contribution in [2.45, 2.75) is 25.4 Å². The van der Waals surface area contributed by atoms with Crippen LogP contribution in [0.3, 0.4) is 0 Å². The van der Waals surface area contributed by atoms with Crippen LogP contribution >= 0.6 is 11.8 Å². The first-order valence-corrected chi connectivity index (χ1v) is 9.98. The minimum Gasteiger partial charge on any atom is -0.506 e. The number of phenolic OH excluding ortho intramolecular Hbond substituents is 1. The van der Waals surface area contributed by atoms with Crippen LogP contribution in [-0.4, -0.2) is 43.5 Å². The zero-order valence-electron chi connectivity index (χ0n) is 14.3. The molecule has 3 aromatic rings. The first-order chi connectivity index (χ1) is 12.3. The van der Waals surface area contributed by atoms with E-state index >= 15 is 0 Å². The molecular formula is C19H22N4OS. The third-order valence-electron chi connectivity index (χ3n) is 4.87. The van der Waals surface area contributed by atoms with Gasteiger partial charge in [-0.15, -0.1) is 0 Å². The van der Waals surface area contributed by atoms with E-state index in [0.29, 0.717) is 11.6 Å². The number of H-pyrrole nitrogens is 1. The number of phenols is 1. The van der Waals surface area contributed by atoms with Crippen molar-refractivity contribution in [3.05, 3.63) is 53.7 Å². The summed E-state index contributed by atoms with van der Waals surface area (Å²) < 4.78 is 0. The van der Waals surface area contributed by atoms with E-state index in [9.17, 15) is 5.11 Å². The molecule has 2 N–H and O–H groups in total. The highest BCUT2D eigenvalue weighted by Gasteiger charge is 2.29. The standard InChI is InChI=1S/C19H22N4OS/c1-25-10-8-16-19-15(20-12-21-19)7-9-23(16)11-14-6-5-13-3-2-4-17(24)18(13)22-14/h2-6,12,16,24H,7-11H2,1H3,(H,20,21). The Kier molecular flexibility index (Phi) is 4.63. The Labute approximate surface area is 151 Å². The van der Waals surface area contributed by atoms with Crippen molar-refractivity contribution >= 4 is 22.7 Å². The van der Waals surface area contributed by atoms with Gasteiger partial charge in [0.25, 0.3) is 0 Å². The number of hydrogen-bond acceptors (Lipinski definition) is 5. The van der Waals surface area contributed by atoms with E-state index in [4.69, 9.17) is 4.98 Å². The number of aromatic nitrogens is 3. The highest BCUT2D eigenvalue weighted by atomic mass is 32.2. The summed E-state index contributed by atoms with van der Waals surface area (Å²) in [4.78, 5) is 15.0. The first-order valence-electron chi connectivity index (χ1n) is 8.59. The molecule has 1 atom stereocenters. The molecule has 0 amide bonds. The quantitative estimate of drug-likeness (QED) is 0.734. The first kappa shape index (κ1) is 16.4. The fraction of sp³-hybridized carbons (Fsp3) is 0.368. The van der Waals surface area contributed by atoms with Crippen LogP contribution in [0.25, 0.3) is 10.9 Å². The molecule has 0 aliphatic carbocycles. The minimum absolute atomic E-state index is 0.242. The summed E-state index contributed by atoms with van der Waals surface area (Å²) in [5, 5.41) is 11.0. The second kappa shape index (κ2) is 7.06. The van der Waals surface area contributed by atoms with Crippen molar-refractivity contribution in [3.63, 3.8) is 0 Å². The second-order valence-electron chi connectivity index (χ2n) is 6.44. The maximum Gasteiger partial charge on any atom is 0.141 e. The molecule has 5 nitrogen and oxygen atoms in total. The predicted octanol–water partition coefficient (Wildman–Crippen LogP) is 3.52. The number of aromatic hydroxyl groups is 1. The van der Waals surface area contributed by atoms with Gasteiger partial charge >= 0.3 is 0 Å². The van der Waals surface area contributed by atoms with Crippen LogP contribution in [0, 0.1) is 0 Å². The fourth-order valence-electron chi connectivity index (χ4n) is 3.61. The molecule has 1 unspecified atom stereocenters. The van der Waals surface area contributed by atoms with E-state index in [-0.39, 0.29) is 5.75 Å². The van der Waals surface area contributed by atoms with Gasteiger partial charge in [0.2, 0.25) is 0 Å². The van der Waals surface area contributed by atoms with Crippen molar-refractivity contribution in [2.75, 3.05) is 18.6 Å². The van der Waals surface area contributed by atoms with Crippen molar-refractivity contribution in [2.24, 2.45) is 0 Å². The molecule has 1 aliphatic heterocycles. The van der Waals surface area contributed by atoms with Crippen molar-refractivity contribution in [1.82, 2.24) is 19.9 Å². The maximum absolute atomic E-state index is 10.1. The molecule has 25 heavy (non-hydrogen) atoms. The third kappa shape index (κ3) is 3.24. The zero-order valence-corrected chi connectivity index (χ0v) is 15.1. The van der Waals surface area contributed by atoms with Crippen LogP contribution in [0.4, 0.5) is 0 Å². The summed E-state index contributed by atoms with van der Waals surface area (Å²) in [7, 11) is 0. The SMILES string of the molecule is CSCCC1c2nc[nH]c2CCN1Cc1ccc2cccc(O)c2n1. The number of para-hydroxylation sites is 1. The molecule has 6 heteroatoms. The Hall–Kier alpha value is -2.05. The van der Waals surface area contributed by atoms with Gasteiger partial charge in [0.1, 0.15) is 11.3 Å². The number of benzene rings is 1.